The number of alkyl halides is 3. The summed E-state index contributed by atoms with van der Waals surface area (Å²) in [6.07, 6.45) is -1.67. The molecule has 2 aliphatic rings. The third-order valence-electron chi connectivity index (χ3n) is 7.62. The molecule has 0 saturated heterocycles. The van der Waals surface area contributed by atoms with E-state index in [-0.39, 0.29) is 46.5 Å². The molecule has 1 aliphatic carbocycles. The van der Waals surface area contributed by atoms with Gasteiger partial charge in [0.1, 0.15) is 41.1 Å². The molecule has 4 N–H and O–H groups in total. The van der Waals surface area contributed by atoms with Crippen molar-refractivity contribution in [2.24, 2.45) is 5.73 Å². The van der Waals surface area contributed by atoms with Crippen LogP contribution in [0.3, 0.4) is 0 Å². The molecule has 224 valence electrons. The molecule has 1 aliphatic heterocycles. The fraction of sp³-hybridized carbons (Fsp3) is 0.310. The van der Waals surface area contributed by atoms with Gasteiger partial charge >= 0.3 is 6.18 Å². The minimum absolute atomic E-state index is 0.0136. The van der Waals surface area contributed by atoms with Crippen LogP contribution in [0.5, 0.6) is 11.5 Å². The molecule has 1 unspecified atom stereocenters. The average Bonchev–Trinajstić information content (AvgIpc) is 3.58. The Hall–Kier alpha value is -4.72. The number of aliphatic hydroxyl groups is 1. The van der Waals surface area contributed by atoms with E-state index in [1.165, 1.54) is 31.4 Å². The van der Waals surface area contributed by atoms with Gasteiger partial charge < -0.3 is 25.6 Å². The first-order valence-corrected chi connectivity index (χ1v) is 13.3. The highest BCUT2D eigenvalue weighted by molar-refractivity contribution is 6.00. The van der Waals surface area contributed by atoms with Gasteiger partial charge in [-0.25, -0.2) is 9.37 Å². The van der Waals surface area contributed by atoms with Gasteiger partial charge in [0.05, 0.1) is 25.4 Å². The molecular formula is C29H25F4N5O5. The number of nitrogens with one attached hydrogen (secondary N) is 1. The quantitative estimate of drug-likeness (QED) is 0.262. The smallest absolute Gasteiger partial charge is 0.424 e. The Morgan fingerprint density at radius 1 is 1.19 bits per heavy atom. The van der Waals surface area contributed by atoms with E-state index >= 15 is 0 Å². The van der Waals surface area contributed by atoms with Gasteiger partial charge in [-0.1, -0.05) is 0 Å². The van der Waals surface area contributed by atoms with Crippen LogP contribution in [0.1, 0.15) is 46.4 Å². The molecule has 6 rings (SSSR count). The number of pyridine rings is 1. The van der Waals surface area contributed by atoms with Gasteiger partial charge in [0, 0.05) is 28.3 Å². The van der Waals surface area contributed by atoms with E-state index in [1.54, 1.807) is 10.9 Å². The molecule has 1 fully saturated rings. The number of nitrogens with zero attached hydrogens (tertiary/aromatic N) is 3. The maximum atomic E-state index is 14.6. The van der Waals surface area contributed by atoms with Crippen molar-refractivity contribution < 1.29 is 41.7 Å². The number of halogens is 4. The van der Waals surface area contributed by atoms with E-state index in [9.17, 15) is 32.3 Å². The summed E-state index contributed by atoms with van der Waals surface area (Å²) in [4.78, 5) is 29.3. The maximum Gasteiger partial charge on any atom is 0.424 e. The topological polar surface area (TPSA) is 142 Å². The van der Waals surface area contributed by atoms with Crippen LogP contribution in [-0.2, 0) is 10.4 Å². The first kappa shape index (κ1) is 28.4. The minimum Gasteiger partial charge on any atom is -0.494 e. The fourth-order valence-corrected chi connectivity index (χ4v) is 5.05. The van der Waals surface area contributed by atoms with E-state index in [0.29, 0.717) is 10.9 Å². The molecule has 4 aromatic rings. The zero-order chi connectivity index (χ0) is 30.7. The number of ether oxygens (including phenoxy) is 2. The van der Waals surface area contributed by atoms with Crippen LogP contribution in [0.15, 0.2) is 48.7 Å². The van der Waals surface area contributed by atoms with E-state index in [2.05, 4.69) is 15.4 Å². The molecule has 3 heterocycles. The number of hydrogen-bond acceptors (Lipinski definition) is 7. The van der Waals surface area contributed by atoms with E-state index in [4.69, 9.17) is 15.2 Å². The first-order chi connectivity index (χ1) is 20.4. The monoisotopic (exact) mass is 599 g/mol. The highest BCUT2D eigenvalue weighted by atomic mass is 19.4. The number of primary amides is 1. The molecule has 1 saturated carbocycles. The Bertz CT molecular complexity index is 1750. The van der Waals surface area contributed by atoms with Crippen LogP contribution in [0.2, 0.25) is 0 Å². The Labute approximate surface area is 241 Å². The van der Waals surface area contributed by atoms with Crippen molar-refractivity contribution in [2.45, 2.75) is 36.6 Å². The average molecular weight is 600 g/mol. The number of benzene rings is 2. The minimum atomic E-state index is -5.34. The molecule has 43 heavy (non-hydrogen) atoms. The Morgan fingerprint density at radius 2 is 1.91 bits per heavy atom. The molecular weight excluding hydrogens is 574 g/mol. The molecule has 0 radical (unpaired) electrons. The lowest BCUT2D eigenvalue weighted by Gasteiger charge is -2.31. The third-order valence-corrected chi connectivity index (χ3v) is 7.62. The summed E-state index contributed by atoms with van der Waals surface area (Å²) in [6.45, 7) is -1.58. The predicted octanol–water partition coefficient (Wildman–Crippen LogP) is 3.72. The summed E-state index contributed by atoms with van der Waals surface area (Å²) in [7, 11) is 1.39. The number of carbonyl (C=O) groups is 2. The van der Waals surface area contributed by atoms with Crippen LogP contribution in [-0.4, -0.2) is 58.1 Å². The Kier molecular flexibility index (Phi) is 6.75. The van der Waals surface area contributed by atoms with Gasteiger partial charge in [-0.2, -0.15) is 18.3 Å². The highest BCUT2D eigenvalue weighted by Gasteiger charge is 2.57. The molecule has 0 spiro atoms. The molecule has 2 atom stereocenters. The van der Waals surface area contributed by atoms with Crippen LogP contribution < -0.4 is 20.5 Å². The molecule has 14 heteroatoms. The van der Waals surface area contributed by atoms with Crippen molar-refractivity contribution in [3.05, 3.63) is 71.3 Å². The summed E-state index contributed by atoms with van der Waals surface area (Å²) in [5, 5.41) is 18.4. The van der Waals surface area contributed by atoms with Crippen molar-refractivity contribution in [2.75, 3.05) is 20.3 Å². The van der Waals surface area contributed by atoms with Crippen LogP contribution >= 0.6 is 0 Å². The van der Waals surface area contributed by atoms with E-state index in [0.717, 1.165) is 31.0 Å². The largest absolute Gasteiger partial charge is 0.494 e. The number of amides is 2. The summed E-state index contributed by atoms with van der Waals surface area (Å²) in [6, 6.07) is 8.66. The van der Waals surface area contributed by atoms with Crippen molar-refractivity contribution in [3.63, 3.8) is 0 Å². The zero-order valence-electron chi connectivity index (χ0n) is 22.6. The van der Waals surface area contributed by atoms with Crippen molar-refractivity contribution in [3.8, 4) is 22.8 Å². The van der Waals surface area contributed by atoms with Gasteiger partial charge in [0.25, 0.3) is 5.91 Å². The summed E-state index contributed by atoms with van der Waals surface area (Å²) in [5.74, 6) is -3.26. The van der Waals surface area contributed by atoms with Crippen molar-refractivity contribution >= 4 is 22.7 Å². The third kappa shape index (κ3) is 5.01. The number of aromatic nitrogens is 3. The van der Waals surface area contributed by atoms with E-state index in [1.807, 2.05) is 0 Å². The number of nitrogens with two attached hydrogens (primary N) is 1. The summed E-state index contributed by atoms with van der Waals surface area (Å²) >= 11 is 0. The Balaban J connectivity index is 1.37. The number of hydrogen-bond donors (Lipinski definition) is 3. The van der Waals surface area contributed by atoms with Crippen LogP contribution in [0, 0.1) is 5.82 Å². The van der Waals surface area contributed by atoms with Gasteiger partial charge in [-0.15, -0.1) is 0 Å². The lowest BCUT2D eigenvalue weighted by atomic mass is 9.91. The molecule has 2 aromatic heterocycles. The van der Waals surface area contributed by atoms with Gasteiger partial charge in [0.2, 0.25) is 11.5 Å². The SMILES string of the molecule is COc1cc(C(=O)NCC(O)(c2cc3c(c(-c4ccc(F)cc4)n2)OC[C@@H]3C(N)=O)C(F)(F)F)cc2cn(C3CC3)nc12. The molecule has 2 amide bonds. The fourth-order valence-electron chi connectivity index (χ4n) is 5.05. The highest BCUT2D eigenvalue weighted by Crippen LogP contribution is 2.46. The van der Waals surface area contributed by atoms with Crippen LogP contribution in [0.4, 0.5) is 17.6 Å². The predicted molar refractivity (Wildman–Crippen MR) is 144 cm³/mol. The summed E-state index contributed by atoms with van der Waals surface area (Å²) in [5.41, 5.74) is 1.33. The standard InChI is InChI=1S/C29H25F4N5O5/c1-42-21-9-15(8-16-11-38(18-6-7-18)37-23(16)21)27(40)35-13-28(41,29(31,32)33)22-10-19-20(26(34)39)12-43-25(19)24(36-22)14-2-4-17(30)5-3-14/h2-5,8-11,18,20,41H,6-7,12-13H2,1H3,(H2,34,39)(H,35,40)/t20-,28?/m0/s1. The lowest BCUT2D eigenvalue weighted by molar-refractivity contribution is -0.265. The number of carbonyl (C=O) groups excluding carboxylic acids is 2. The normalized spacial score (nSPS) is 17.7. The molecule has 2 aromatic carbocycles. The Morgan fingerprint density at radius 3 is 2.53 bits per heavy atom. The maximum absolute atomic E-state index is 14.6. The van der Waals surface area contributed by atoms with Gasteiger partial charge in [-0.3, -0.25) is 14.3 Å². The van der Waals surface area contributed by atoms with Gasteiger partial charge in [0.15, 0.2) is 0 Å². The second-order valence-electron chi connectivity index (χ2n) is 10.5. The zero-order valence-corrected chi connectivity index (χ0v) is 22.6. The van der Waals surface area contributed by atoms with Crippen molar-refractivity contribution in [1.82, 2.24) is 20.1 Å². The molecule has 0 bridgehead atoms. The second kappa shape index (κ2) is 10.2. The number of fused-ring (bicyclic) bond motifs is 2. The lowest BCUT2D eigenvalue weighted by Crippen LogP contribution is -2.51. The number of rotatable bonds is 8. The molecule has 10 nitrogen and oxygen atoms in total. The van der Waals surface area contributed by atoms with E-state index < -0.39 is 47.6 Å². The first-order valence-electron chi connectivity index (χ1n) is 13.3. The summed E-state index contributed by atoms with van der Waals surface area (Å²) < 4.78 is 70.1. The van der Waals surface area contributed by atoms with Crippen molar-refractivity contribution in [1.29, 1.82) is 0 Å². The number of methoxy groups -OCH3 is 1. The second-order valence-corrected chi connectivity index (χ2v) is 10.5. The van der Waals surface area contributed by atoms with Gasteiger partial charge in [-0.05, 0) is 55.3 Å². The van der Waals surface area contributed by atoms with Crippen LogP contribution in [0.25, 0.3) is 22.2 Å².